The van der Waals surface area contributed by atoms with Crippen LogP contribution in [0.2, 0.25) is 0 Å². The van der Waals surface area contributed by atoms with Crippen molar-refractivity contribution in [3.05, 3.63) is 47.7 Å². The maximum absolute atomic E-state index is 14.0. The second-order valence-electron chi connectivity index (χ2n) is 4.44. The molecule has 0 aliphatic rings. The van der Waals surface area contributed by atoms with Crippen molar-refractivity contribution < 1.29 is 26.8 Å². The molecular formula is C13H8F4N4O2. The molecule has 10 heteroatoms. The third kappa shape index (κ3) is 3.30. The maximum Gasteiger partial charge on any atom is 0.471 e. The molecule has 1 N–H and O–H groups in total. The van der Waals surface area contributed by atoms with E-state index in [-0.39, 0.29) is 12.2 Å². The second-order valence-corrected chi connectivity index (χ2v) is 4.44. The van der Waals surface area contributed by atoms with Crippen LogP contribution < -0.4 is 4.74 Å². The summed E-state index contributed by atoms with van der Waals surface area (Å²) in [6, 6.07) is 5.44. The van der Waals surface area contributed by atoms with Crippen LogP contribution in [-0.4, -0.2) is 20.3 Å². The van der Waals surface area contributed by atoms with Crippen LogP contribution >= 0.6 is 0 Å². The molecule has 0 saturated heterocycles. The number of rotatable bonds is 4. The highest BCUT2D eigenvalue weighted by Crippen LogP contribution is 2.30. The molecule has 3 aromatic rings. The zero-order valence-corrected chi connectivity index (χ0v) is 11.3. The van der Waals surface area contributed by atoms with Crippen LogP contribution in [0.4, 0.5) is 17.6 Å². The van der Waals surface area contributed by atoms with Gasteiger partial charge in [0.25, 0.3) is 0 Å². The summed E-state index contributed by atoms with van der Waals surface area (Å²) in [6.07, 6.45) is -3.22. The number of halogens is 4. The van der Waals surface area contributed by atoms with E-state index < -0.39 is 23.7 Å². The minimum atomic E-state index is -4.78. The van der Waals surface area contributed by atoms with Crippen molar-refractivity contribution in [2.45, 2.75) is 12.8 Å². The lowest BCUT2D eigenvalue weighted by atomic mass is 10.1. The first-order chi connectivity index (χ1) is 10.9. The summed E-state index contributed by atoms with van der Waals surface area (Å²) in [5.74, 6) is -2.46. The Morgan fingerprint density at radius 3 is 2.65 bits per heavy atom. The monoisotopic (exact) mass is 328 g/mol. The Kier molecular flexibility index (Phi) is 3.72. The third-order valence-electron chi connectivity index (χ3n) is 2.80. The molecule has 2 aromatic heterocycles. The van der Waals surface area contributed by atoms with Crippen LogP contribution in [0.5, 0.6) is 5.88 Å². The highest BCUT2D eigenvalue weighted by atomic mass is 19.4. The maximum atomic E-state index is 14.0. The minimum absolute atomic E-state index is 0.0437. The number of nitrogens with zero attached hydrogens (tertiary/aromatic N) is 3. The molecular weight excluding hydrogens is 320 g/mol. The lowest BCUT2D eigenvalue weighted by Gasteiger charge is -2.04. The molecule has 0 radical (unpaired) electrons. The van der Waals surface area contributed by atoms with Gasteiger partial charge in [0.15, 0.2) is 0 Å². The number of benzene rings is 1. The molecule has 23 heavy (non-hydrogen) atoms. The molecule has 0 fully saturated rings. The van der Waals surface area contributed by atoms with Crippen LogP contribution in [-0.2, 0) is 12.8 Å². The summed E-state index contributed by atoms with van der Waals surface area (Å²) in [6.45, 7) is 0.0437. The Morgan fingerprint density at radius 2 is 2.04 bits per heavy atom. The zero-order chi connectivity index (χ0) is 16.4. The Labute approximate surface area is 126 Å². The number of hydrogen-bond acceptors (Lipinski definition) is 5. The zero-order valence-electron chi connectivity index (χ0n) is 11.3. The number of nitrogens with one attached hydrogen (secondary N) is 1. The van der Waals surface area contributed by atoms with Crippen molar-refractivity contribution >= 4 is 0 Å². The molecule has 3 rings (SSSR count). The van der Waals surface area contributed by atoms with Gasteiger partial charge in [-0.15, -0.1) is 5.10 Å². The molecule has 6 nitrogen and oxygen atoms in total. The summed E-state index contributed by atoms with van der Waals surface area (Å²) in [7, 11) is 0. The lowest BCUT2D eigenvalue weighted by Crippen LogP contribution is -2.05. The smallest absolute Gasteiger partial charge is 0.471 e. The van der Waals surface area contributed by atoms with Crippen molar-refractivity contribution in [3.63, 3.8) is 0 Å². The van der Waals surface area contributed by atoms with Crippen molar-refractivity contribution in [1.29, 1.82) is 0 Å². The molecule has 0 saturated carbocycles. The fraction of sp³-hybridized carbons (Fsp3) is 0.154. The van der Waals surface area contributed by atoms with E-state index in [2.05, 4.69) is 24.9 Å². The predicted molar refractivity (Wildman–Crippen MR) is 67.6 cm³/mol. The van der Waals surface area contributed by atoms with Gasteiger partial charge in [-0.05, 0) is 17.7 Å². The highest BCUT2D eigenvalue weighted by molar-refractivity contribution is 5.55. The molecule has 0 atom stereocenters. The molecule has 0 aliphatic carbocycles. The topological polar surface area (TPSA) is 76.8 Å². The van der Waals surface area contributed by atoms with E-state index in [4.69, 9.17) is 4.74 Å². The highest BCUT2D eigenvalue weighted by Gasteiger charge is 2.38. The Bertz CT molecular complexity index is 799. The molecule has 0 aliphatic heterocycles. The van der Waals surface area contributed by atoms with E-state index in [9.17, 15) is 17.6 Å². The Hall–Kier alpha value is -2.91. The number of aromatic amines is 1. The summed E-state index contributed by atoms with van der Waals surface area (Å²) in [5, 5.41) is 9.46. The molecule has 0 spiro atoms. The predicted octanol–water partition coefficient (Wildman–Crippen LogP) is 3.20. The van der Waals surface area contributed by atoms with E-state index in [1.165, 1.54) is 12.1 Å². The van der Waals surface area contributed by atoms with E-state index in [1.54, 1.807) is 12.3 Å². The van der Waals surface area contributed by atoms with Crippen molar-refractivity contribution in [1.82, 2.24) is 20.3 Å². The van der Waals surface area contributed by atoms with Crippen molar-refractivity contribution in [3.8, 4) is 17.3 Å². The third-order valence-corrected chi connectivity index (χ3v) is 2.80. The van der Waals surface area contributed by atoms with E-state index in [1.807, 2.05) is 0 Å². The Balaban J connectivity index is 1.78. The first kappa shape index (κ1) is 15.0. The number of aromatic nitrogens is 4. The van der Waals surface area contributed by atoms with Gasteiger partial charge in [0.2, 0.25) is 11.7 Å². The van der Waals surface area contributed by atoms with Gasteiger partial charge < -0.3 is 9.26 Å². The average molecular weight is 328 g/mol. The van der Waals surface area contributed by atoms with Gasteiger partial charge in [-0.1, -0.05) is 11.2 Å². The Morgan fingerprint density at radius 1 is 1.22 bits per heavy atom. The standard InChI is InChI=1S/C13H8F4N4O2/c14-9-5-7(6-22-10-3-4-18-20-10)1-2-8(9)11-19-12(23-21-11)13(15,16)17/h1-5H,6H2,(H,18,20). The van der Waals surface area contributed by atoms with Gasteiger partial charge in [-0.3, -0.25) is 5.10 Å². The van der Waals surface area contributed by atoms with Gasteiger partial charge in [0.1, 0.15) is 12.4 Å². The lowest BCUT2D eigenvalue weighted by molar-refractivity contribution is -0.159. The SMILES string of the molecule is Fc1cc(COc2cc[nH]n2)ccc1-c1noc(C(F)(F)F)n1. The molecule has 2 heterocycles. The summed E-state index contributed by atoms with van der Waals surface area (Å²) >= 11 is 0. The largest absolute Gasteiger partial charge is 0.472 e. The fourth-order valence-electron chi connectivity index (χ4n) is 1.76. The van der Waals surface area contributed by atoms with E-state index in [0.717, 1.165) is 6.07 Å². The van der Waals surface area contributed by atoms with Gasteiger partial charge in [0, 0.05) is 12.3 Å². The molecule has 0 bridgehead atoms. The molecule has 120 valence electrons. The van der Waals surface area contributed by atoms with Crippen LogP contribution in [0.25, 0.3) is 11.4 Å². The number of hydrogen-bond donors (Lipinski definition) is 1. The molecule has 1 aromatic carbocycles. The van der Waals surface area contributed by atoms with Gasteiger partial charge in [-0.2, -0.15) is 18.2 Å². The van der Waals surface area contributed by atoms with Crippen LogP contribution in [0.3, 0.4) is 0 Å². The summed E-state index contributed by atoms with van der Waals surface area (Å²) in [5.41, 5.74) is 0.265. The van der Waals surface area contributed by atoms with E-state index in [0.29, 0.717) is 11.4 Å². The molecule has 0 unspecified atom stereocenters. The average Bonchev–Trinajstić information content (AvgIpc) is 3.16. The first-order valence-corrected chi connectivity index (χ1v) is 6.26. The van der Waals surface area contributed by atoms with Gasteiger partial charge in [-0.25, -0.2) is 4.39 Å². The number of alkyl halides is 3. The first-order valence-electron chi connectivity index (χ1n) is 6.26. The minimum Gasteiger partial charge on any atom is -0.472 e. The summed E-state index contributed by atoms with van der Waals surface area (Å²) in [4.78, 5) is 3.14. The summed E-state index contributed by atoms with van der Waals surface area (Å²) < 4.78 is 60.6. The number of ether oxygens (including phenoxy) is 1. The van der Waals surface area contributed by atoms with Crippen LogP contribution in [0.1, 0.15) is 11.5 Å². The fourth-order valence-corrected chi connectivity index (χ4v) is 1.76. The number of H-pyrrole nitrogens is 1. The quantitative estimate of drug-likeness (QED) is 0.744. The van der Waals surface area contributed by atoms with Gasteiger partial charge in [0.05, 0.1) is 5.56 Å². The molecule has 0 amide bonds. The van der Waals surface area contributed by atoms with Crippen LogP contribution in [0, 0.1) is 5.82 Å². The van der Waals surface area contributed by atoms with Crippen LogP contribution in [0.15, 0.2) is 35.0 Å². The normalized spacial score (nSPS) is 11.7. The van der Waals surface area contributed by atoms with Gasteiger partial charge >= 0.3 is 12.1 Å². The second kappa shape index (κ2) is 5.71. The van der Waals surface area contributed by atoms with Crippen molar-refractivity contribution in [2.75, 3.05) is 0 Å². The van der Waals surface area contributed by atoms with Crippen molar-refractivity contribution in [2.24, 2.45) is 0 Å². The van der Waals surface area contributed by atoms with E-state index >= 15 is 0 Å².